The number of carboxylic acid groups (broad SMARTS) is 1. The molecule has 1 fully saturated rings. The van der Waals surface area contributed by atoms with E-state index in [1.165, 1.54) is 0 Å². The summed E-state index contributed by atoms with van der Waals surface area (Å²) < 4.78 is 0.865. The van der Waals surface area contributed by atoms with Gasteiger partial charge in [0.15, 0.2) is 0 Å². The number of carbonyl (C=O) groups is 2. The molecule has 2 rings (SSSR count). The average molecular weight is 398 g/mol. The fraction of sp³-hybridized carbons (Fsp3) is 0.529. The van der Waals surface area contributed by atoms with Crippen LogP contribution in [0.1, 0.15) is 19.3 Å². The lowest BCUT2D eigenvalue weighted by atomic mass is 10.1. The van der Waals surface area contributed by atoms with Gasteiger partial charge in [-0.3, -0.25) is 19.4 Å². The molecule has 0 bridgehead atoms. The number of aliphatic carboxylic acids is 1. The highest BCUT2D eigenvalue weighted by atomic mass is 79.9. The molecule has 24 heavy (non-hydrogen) atoms. The van der Waals surface area contributed by atoms with Gasteiger partial charge >= 0.3 is 5.97 Å². The number of hydrogen-bond acceptors (Lipinski definition) is 4. The molecule has 0 saturated carbocycles. The standard InChI is InChI=1S/C17H24BrN3O3/c1-20(12-17(23)24)13-5-4-9-21(10-8-13)11-16(22)19-15-7-3-2-6-14(15)18/h2-3,6-7,13H,4-5,8-12H2,1H3,(H,19,22)(H,23,24). The first kappa shape index (κ1) is 18.9. The molecule has 1 aromatic rings. The van der Waals surface area contributed by atoms with Gasteiger partial charge in [-0.05, 0) is 60.9 Å². The van der Waals surface area contributed by atoms with Crippen molar-refractivity contribution in [3.8, 4) is 0 Å². The minimum atomic E-state index is -0.800. The Balaban J connectivity index is 1.82. The van der Waals surface area contributed by atoms with Crippen LogP contribution < -0.4 is 5.32 Å². The molecule has 1 aromatic carbocycles. The van der Waals surface area contributed by atoms with Crippen LogP contribution in [-0.2, 0) is 9.59 Å². The third kappa shape index (κ3) is 5.89. The van der Waals surface area contributed by atoms with Crippen LogP contribution in [0.4, 0.5) is 5.69 Å². The number of carboxylic acids is 1. The van der Waals surface area contributed by atoms with Crippen LogP contribution in [0.2, 0.25) is 0 Å². The lowest BCUT2D eigenvalue weighted by Crippen LogP contribution is -2.37. The van der Waals surface area contributed by atoms with Crippen LogP contribution >= 0.6 is 15.9 Å². The normalized spacial score (nSPS) is 19.0. The maximum Gasteiger partial charge on any atom is 0.317 e. The van der Waals surface area contributed by atoms with Gasteiger partial charge in [-0.25, -0.2) is 0 Å². The number of nitrogens with zero attached hydrogens (tertiary/aromatic N) is 2. The van der Waals surface area contributed by atoms with Gasteiger partial charge in [0.2, 0.25) is 5.91 Å². The maximum atomic E-state index is 12.2. The summed E-state index contributed by atoms with van der Waals surface area (Å²) in [6, 6.07) is 7.81. The summed E-state index contributed by atoms with van der Waals surface area (Å²) in [5.41, 5.74) is 0.774. The van der Waals surface area contributed by atoms with E-state index in [-0.39, 0.29) is 18.5 Å². The molecule has 7 heteroatoms. The zero-order valence-electron chi connectivity index (χ0n) is 13.9. The van der Waals surface area contributed by atoms with Crippen molar-refractivity contribution >= 4 is 33.5 Å². The molecule has 132 valence electrons. The maximum absolute atomic E-state index is 12.2. The number of nitrogens with one attached hydrogen (secondary N) is 1. The Hall–Kier alpha value is -1.44. The quantitative estimate of drug-likeness (QED) is 0.769. The van der Waals surface area contributed by atoms with Crippen LogP contribution in [0.15, 0.2) is 28.7 Å². The molecule has 0 radical (unpaired) electrons. The molecule has 1 aliphatic heterocycles. The Morgan fingerprint density at radius 3 is 2.79 bits per heavy atom. The Morgan fingerprint density at radius 2 is 2.08 bits per heavy atom. The highest BCUT2D eigenvalue weighted by Crippen LogP contribution is 2.21. The van der Waals surface area contributed by atoms with E-state index < -0.39 is 5.97 Å². The first-order valence-electron chi connectivity index (χ1n) is 8.14. The van der Waals surface area contributed by atoms with Gasteiger partial charge in [-0.1, -0.05) is 12.1 Å². The first-order valence-corrected chi connectivity index (χ1v) is 8.94. The van der Waals surface area contributed by atoms with E-state index in [1.807, 2.05) is 36.2 Å². The number of amides is 1. The lowest BCUT2D eigenvalue weighted by molar-refractivity contribution is -0.138. The van der Waals surface area contributed by atoms with Crippen molar-refractivity contribution in [2.24, 2.45) is 0 Å². The van der Waals surface area contributed by atoms with E-state index >= 15 is 0 Å². The summed E-state index contributed by atoms with van der Waals surface area (Å²) in [4.78, 5) is 27.1. The van der Waals surface area contributed by atoms with E-state index in [0.29, 0.717) is 6.54 Å². The number of anilines is 1. The van der Waals surface area contributed by atoms with Gasteiger partial charge in [-0.2, -0.15) is 0 Å². The molecule has 1 aliphatic rings. The van der Waals surface area contributed by atoms with E-state index in [1.54, 1.807) is 0 Å². The average Bonchev–Trinajstić information content (AvgIpc) is 2.74. The number of benzene rings is 1. The van der Waals surface area contributed by atoms with Gasteiger partial charge in [0, 0.05) is 17.1 Å². The SMILES string of the molecule is CN(CC(=O)O)C1CCCN(CC(=O)Nc2ccccc2Br)CC1. The highest BCUT2D eigenvalue weighted by molar-refractivity contribution is 9.10. The molecule has 1 unspecified atom stereocenters. The smallest absolute Gasteiger partial charge is 0.317 e. The van der Waals surface area contributed by atoms with Crippen molar-refractivity contribution in [1.82, 2.24) is 9.80 Å². The third-order valence-electron chi connectivity index (χ3n) is 4.31. The summed E-state index contributed by atoms with van der Waals surface area (Å²) in [5, 5.41) is 11.8. The molecule has 0 spiro atoms. The Labute approximate surface area is 150 Å². The molecule has 1 amide bonds. The lowest BCUT2D eigenvalue weighted by Gasteiger charge is -2.25. The summed E-state index contributed by atoms with van der Waals surface area (Å²) in [5.74, 6) is -0.828. The largest absolute Gasteiger partial charge is 0.480 e. The molecule has 0 aliphatic carbocycles. The Bertz CT molecular complexity index is 582. The van der Waals surface area contributed by atoms with Gasteiger partial charge in [0.25, 0.3) is 0 Å². The Kier molecular flexibility index (Phi) is 7.20. The van der Waals surface area contributed by atoms with E-state index in [0.717, 1.165) is 42.5 Å². The van der Waals surface area contributed by atoms with Gasteiger partial charge in [0.1, 0.15) is 0 Å². The van der Waals surface area contributed by atoms with Crippen molar-refractivity contribution in [3.05, 3.63) is 28.7 Å². The number of likely N-dealkylation sites (N-methyl/N-ethyl adjacent to an activating group) is 1. The highest BCUT2D eigenvalue weighted by Gasteiger charge is 2.22. The number of halogens is 1. The fourth-order valence-electron chi connectivity index (χ4n) is 3.03. The van der Waals surface area contributed by atoms with Gasteiger partial charge < -0.3 is 10.4 Å². The zero-order chi connectivity index (χ0) is 17.5. The number of hydrogen-bond donors (Lipinski definition) is 2. The summed E-state index contributed by atoms with van der Waals surface area (Å²) >= 11 is 3.42. The molecule has 1 saturated heterocycles. The molecule has 1 atom stereocenters. The fourth-order valence-corrected chi connectivity index (χ4v) is 3.42. The topological polar surface area (TPSA) is 72.9 Å². The number of rotatable bonds is 6. The second kappa shape index (κ2) is 9.15. The van der Waals surface area contributed by atoms with Crippen LogP contribution in [0.25, 0.3) is 0 Å². The molecule has 2 N–H and O–H groups in total. The van der Waals surface area contributed by atoms with Gasteiger partial charge in [-0.15, -0.1) is 0 Å². The molecule has 1 heterocycles. The molecular formula is C17H24BrN3O3. The van der Waals surface area contributed by atoms with E-state index in [9.17, 15) is 9.59 Å². The number of carbonyl (C=O) groups excluding carboxylic acids is 1. The number of para-hydroxylation sites is 1. The second-order valence-corrected chi connectivity index (χ2v) is 7.05. The van der Waals surface area contributed by atoms with Crippen LogP contribution in [-0.4, -0.2) is 66.1 Å². The van der Waals surface area contributed by atoms with Crippen molar-refractivity contribution in [3.63, 3.8) is 0 Å². The van der Waals surface area contributed by atoms with Crippen molar-refractivity contribution in [1.29, 1.82) is 0 Å². The van der Waals surface area contributed by atoms with E-state index in [2.05, 4.69) is 26.1 Å². The van der Waals surface area contributed by atoms with Crippen LogP contribution in [0.3, 0.4) is 0 Å². The Morgan fingerprint density at radius 1 is 1.33 bits per heavy atom. The minimum absolute atomic E-state index is 0.0285. The predicted octanol–water partition coefficient (Wildman–Crippen LogP) is 2.26. The summed E-state index contributed by atoms with van der Waals surface area (Å²) in [7, 11) is 1.86. The van der Waals surface area contributed by atoms with Crippen molar-refractivity contribution in [2.75, 3.05) is 38.5 Å². The number of likely N-dealkylation sites (tertiary alicyclic amines) is 1. The molecule has 6 nitrogen and oxygen atoms in total. The summed E-state index contributed by atoms with van der Waals surface area (Å²) in [6.07, 6.45) is 2.81. The molecular weight excluding hydrogens is 374 g/mol. The monoisotopic (exact) mass is 397 g/mol. The second-order valence-electron chi connectivity index (χ2n) is 6.20. The third-order valence-corrected chi connectivity index (χ3v) is 5.00. The molecule has 0 aromatic heterocycles. The van der Waals surface area contributed by atoms with Crippen molar-refractivity contribution in [2.45, 2.75) is 25.3 Å². The predicted molar refractivity (Wildman–Crippen MR) is 97.1 cm³/mol. The van der Waals surface area contributed by atoms with Gasteiger partial charge in [0.05, 0.1) is 18.8 Å². The first-order chi connectivity index (χ1) is 11.5. The summed E-state index contributed by atoms with van der Waals surface area (Å²) in [6.45, 7) is 2.09. The van der Waals surface area contributed by atoms with Crippen molar-refractivity contribution < 1.29 is 14.7 Å². The van der Waals surface area contributed by atoms with Crippen LogP contribution in [0.5, 0.6) is 0 Å². The van der Waals surface area contributed by atoms with Crippen LogP contribution in [0, 0.1) is 0 Å². The minimum Gasteiger partial charge on any atom is -0.480 e. The zero-order valence-corrected chi connectivity index (χ0v) is 15.5. The van der Waals surface area contributed by atoms with E-state index in [4.69, 9.17) is 5.11 Å².